The summed E-state index contributed by atoms with van der Waals surface area (Å²) in [6.45, 7) is 0. The van der Waals surface area contributed by atoms with Gasteiger partial charge in [0, 0.05) is 10.2 Å². The number of rotatable bonds is 2. The third kappa shape index (κ3) is 2.47. The third-order valence-corrected chi connectivity index (χ3v) is 5.75. The largest absolute Gasteiger partial charge is 0.118 e. The zero-order valence-corrected chi connectivity index (χ0v) is 12.8. The molecular formula is C20H18S. The van der Waals surface area contributed by atoms with E-state index in [9.17, 15) is 0 Å². The van der Waals surface area contributed by atoms with Crippen LogP contribution in [0.15, 0.2) is 72.3 Å². The van der Waals surface area contributed by atoms with Crippen LogP contribution in [0.1, 0.15) is 30.4 Å². The Labute approximate surface area is 130 Å². The third-order valence-electron chi connectivity index (χ3n) is 4.33. The minimum atomic E-state index is 0.681. The summed E-state index contributed by atoms with van der Waals surface area (Å²) in [5, 5.41) is 0.681. The predicted molar refractivity (Wildman–Crippen MR) is 93.0 cm³/mol. The number of hydrogen-bond donors (Lipinski definition) is 0. The topological polar surface area (TPSA) is 0 Å². The minimum absolute atomic E-state index is 0.681. The summed E-state index contributed by atoms with van der Waals surface area (Å²) in [5.41, 5.74) is 5.84. The van der Waals surface area contributed by atoms with Crippen molar-refractivity contribution in [2.75, 3.05) is 0 Å². The van der Waals surface area contributed by atoms with E-state index in [1.807, 2.05) is 0 Å². The van der Waals surface area contributed by atoms with E-state index in [2.05, 4.69) is 78.5 Å². The van der Waals surface area contributed by atoms with E-state index in [-0.39, 0.29) is 0 Å². The van der Waals surface area contributed by atoms with Crippen molar-refractivity contribution in [1.29, 1.82) is 0 Å². The number of allylic oxidation sites excluding steroid dienone is 2. The lowest BCUT2D eigenvalue weighted by molar-refractivity contribution is 0.894. The molecule has 4 rings (SSSR count). The van der Waals surface area contributed by atoms with Gasteiger partial charge in [0.1, 0.15) is 0 Å². The average Bonchev–Trinajstić information content (AvgIpc) is 3.04. The van der Waals surface area contributed by atoms with Crippen LogP contribution in [0.2, 0.25) is 0 Å². The van der Waals surface area contributed by atoms with Gasteiger partial charge >= 0.3 is 0 Å². The summed E-state index contributed by atoms with van der Waals surface area (Å²) in [5.74, 6) is 0. The summed E-state index contributed by atoms with van der Waals surface area (Å²) >= 11 is 2.06. The van der Waals surface area contributed by atoms with Gasteiger partial charge in [0.2, 0.25) is 0 Å². The van der Waals surface area contributed by atoms with Crippen molar-refractivity contribution in [3.63, 3.8) is 0 Å². The minimum Gasteiger partial charge on any atom is -0.118 e. The number of thioether (sulfide) groups is 1. The summed E-state index contributed by atoms with van der Waals surface area (Å²) < 4.78 is 0. The molecule has 2 aromatic carbocycles. The molecule has 2 aliphatic rings. The van der Waals surface area contributed by atoms with Gasteiger partial charge in [-0.25, -0.2) is 0 Å². The van der Waals surface area contributed by atoms with Crippen LogP contribution in [0.25, 0.3) is 10.5 Å². The smallest absolute Gasteiger partial charge is 0.0313 e. The molecule has 0 radical (unpaired) electrons. The Hall–Kier alpha value is -1.73. The van der Waals surface area contributed by atoms with E-state index in [0.717, 1.165) is 0 Å². The highest BCUT2D eigenvalue weighted by atomic mass is 32.2. The van der Waals surface area contributed by atoms with Crippen LogP contribution in [-0.2, 0) is 0 Å². The summed E-state index contributed by atoms with van der Waals surface area (Å²) in [7, 11) is 0. The quantitative estimate of drug-likeness (QED) is 0.675. The maximum absolute atomic E-state index is 2.41. The first-order chi connectivity index (χ1) is 10.4. The molecule has 0 bridgehead atoms. The SMILES string of the molecule is C1=C(c2ccccc2)SC2CCCC2=C1c1ccccc1. The summed E-state index contributed by atoms with van der Waals surface area (Å²) in [6.07, 6.45) is 6.33. The predicted octanol–water partition coefficient (Wildman–Crippen LogP) is 5.78. The van der Waals surface area contributed by atoms with E-state index in [4.69, 9.17) is 0 Å². The Morgan fingerprint density at radius 3 is 2.19 bits per heavy atom. The normalized spacial score (nSPS) is 21.1. The highest BCUT2D eigenvalue weighted by molar-refractivity contribution is 8.09. The second-order valence-corrected chi connectivity index (χ2v) is 6.92. The van der Waals surface area contributed by atoms with Crippen LogP contribution in [0.3, 0.4) is 0 Å². The molecule has 1 fully saturated rings. The maximum atomic E-state index is 2.41. The Bertz CT molecular complexity index is 695. The number of fused-ring (bicyclic) bond motifs is 1. The van der Waals surface area contributed by atoms with E-state index in [0.29, 0.717) is 5.25 Å². The molecule has 1 aliphatic carbocycles. The van der Waals surface area contributed by atoms with Crippen molar-refractivity contribution >= 4 is 22.2 Å². The summed E-state index contributed by atoms with van der Waals surface area (Å²) in [6, 6.07) is 21.7. The van der Waals surface area contributed by atoms with Crippen LogP contribution < -0.4 is 0 Å². The molecule has 21 heavy (non-hydrogen) atoms. The van der Waals surface area contributed by atoms with Gasteiger partial charge in [-0.15, -0.1) is 11.8 Å². The van der Waals surface area contributed by atoms with Gasteiger partial charge in [0.15, 0.2) is 0 Å². The van der Waals surface area contributed by atoms with Crippen molar-refractivity contribution < 1.29 is 0 Å². The fourth-order valence-electron chi connectivity index (χ4n) is 3.30. The Morgan fingerprint density at radius 1 is 0.810 bits per heavy atom. The van der Waals surface area contributed by atoms with E-state index >= 15 is 0 Å². The Balaban J connectivity index is 1.83. The fraction of sp³-hybridized carbons (Fsp3) is 0.200. The molecule has 0 N–H and O–H groups in total. The van der Waals surface area contributed by atoms with Gasteiger partial charge in [-0.2, -0.15) is 0 Å². The lowest BCUT2D eigenvalue weighted by Crippen LogP contribution is -2.06. The zero-order valence-electron chi connectivity index (χ0n) is 12.0. The molecular weight excluding hydrogens is 272 g/mol. The monoisotopic (exact) mass is 290 g/mol. The molecule has 1 heterocycles. The van der Waals surface area contributed by atoms with Crippen LogP contribution in [0, 0.1) is 0 Å². The molecule has 104 valence electrons. The van der Waals surface area contributed by atoms with Crippen LogP contribution in [-0.4, -0.2) is 5.25 Å². The molecule has 0 nitrogen and oxygen atoms in total. The van der Waals surface area contributed by atoms with Gasteiger partial charge in [-0.1, -0.05) is 60.7 Å². The molecule has 0 spiro atoms. The van der Waals surface area contributed by atoms with Crippen molar-refractivity contribution in [3.05, 3.63) is 83.4 Å². The first-order valence-corrected chi connectivity index (χ1v) is 8.52. The molecule has 1 unspecified atom stereocenters. The Morgan fingerprint density at radius 2 is 1.48 bits per heavy atom. The van der Waals surface area contributed by atoms with Crippen LogP contribution in [0.4, 0.5) is 0 Å². The van der Waals surface area contributed by atoms with Gasteiger partial charge in [0.05, 0.1) is 0 Å². The maximum Gasteiger partial charge on any atom is 0.0313 e. The average molecular weight is 290 g/mol. The molecule has 1 aliphatic heterocycles. The number of benzene rings is 2. The fourth-order valence-corrected chi connectivity index (χ4v) is 4.74. The second kappa shape index (κ2) is 5.57. The molecule has 0 aromatic heterocycles. The van der Waals surface area contributed by atoms with Crippen LogP contribution in [0.5, 0.6) is 0 Å². The van der Waals surface area contributed by atoms with Crippen molar-refractivity contribution in [3.8, 4) is 0 Å². The lowest BCUT2D eigenvalue weighted by Gasteiger charge is -2.23. The van der Waals surface area contributed by atoms with Gasteiger partial charge in [-0.3, -0.25) is 0 Å². The molecule has 0 saturated heterocycles. The van der Waals surface area contributed by atoms with Crippen molar-refractivity contribution in [1.82, 2.24) is 0 Å². The molecule has 2 aromatic rings. The summed E-state index contributed by atoms with van der Waals surface area (Å²) in [4.78, 5) is 1.42. The standard InChI is InChI=1S/C20H18S/c1-3-8-15(9-4-1)18-14-20(16-10-5-2-6-11-16)21-19-13-7-12-17(18)19/h1-6,8-11,14,19H,7,12-13H2. The zero-order chi connectivity index (χ0) is 14.1. The van der Waals surface area contributed by atoms with E-state index < -0.39 is 0 Å². The lowest BCUT2D eigenvalue weighted by atomic mass is 9.97. The first-order valence-electron chi connectivity index (χ1n) is 7.64. The molecule has 1 heteroatoms. The molecule has 1 saturated carbocycles. The van der Waals surface area contributed by atoms with E-state index in [1.54, 1.807) is 5.57 Å². The highest BCUT2D eigenvalue weighted by Gasteiger charge is 2.29. The first kappa shape index (κ1) is 13.0. The second-order valence-electron chi connectivity index (χ2n) is 5.68. The van der Waals surface area contributed by atoms with E-state index in [1.165, 1.54) is 40.9 Å². The van der Waals surface area contributed by atoms with Gasteiger partial charge in [-0.05, 0) is 47.6 Å². The number of hydrogen-bond acceptors (Lipinski definition) is 1. The Kier molecular flexibility index (Phi) is 3.44. The van der Waals surface area contributed by atoms with Crippen molar-refractivity contribution in [2.24, 2.45) is 0 Å². The molecule has 1 atom stereocenters. The van der Waals surface area contributed by atoms with Gasteiger partial charge < -0.3 is 0 Å². The molecule has 0 amide bonds. The highest BCUT2D eigenvalue weighted by Crippen LogP contribution is 2.49. The van der Waals surface area contributed by atoms with Crippen LogP contribution >= 0.6 is 11.8 Å². The van der Waals surface area contributed by atoms with Gasteiger partial charge in [0.25, 0.3) is 0 Å². The van der Waals surface area contributed by atoms with Crippen molar-refractivity contribution in [2.45, 2.75) is 24.5 Å².